The Morgan fingerprint density at radius 3 is 2.17 bits per heavy atom. The van der Waals surface area contributed by atoms with Gasteiger partial charge in [0.1, 0.15) is 0 Å². The zero-order valence-electron chi connectivity index (χ0n) is 16.8. The van der Waals surface area contributed by atoms with E-state index in [-0.39, 0.29) is 5.91 Å². The lowest BCUT2D eigenvalue weighted by molar-refractivity contribution is -0.129. The molecule has 0 aliphatic carbocycles. The van der Waals surface area contributed by atoms with Crippen LogP contribution >= 0.6 is 0 Å². The number of anilines is 1. The first kappa shape index (κ1) is 19.2. The summed E-state index contributed by atoms with van der Waals surface area (Å²) < 4.78 is 2.04. The standard InChI is InChI=1S/C23H27N5O/c1-19(29)26-12-14-27(15-13-26)22-8-4-2-6-20(22)16-25-17-21-7-3-5-9-23(21)28-11-10-24-18-28/h2-11,18,25H,12-17H2,1H3. The number of nitrogens with one attached hydrogen (secondary N) is 1. The highest BCUT2D eigenvalue weighted by molar-refractivity contribution is 5.73. The van der Waals surface area contributed by atoms with Gasteiger partial charge in [-0.1, -0.05) is 36.4 Å². The van der Waals surface area contributed by atoms with E-state index in [9.17, 15) is 4.79 Å². The Morgan fingerprint density at radius 1 is 0.931 bits per heavy atom. The fraction of sp³-hybridized carbons (Fsp3) is 0.304. The van der Waals surface area contributed by atoms with Crippen LogP contribution in [-0.4, -0.2) is 46.5 Å². The molecule has 4 rings (SSSR count). The second-order valence-electron chi connectivity index (χ2n) is 7.32. The van der Waals surface area contributed by atoms with E-state index in [0.717, 1.165) is 45.0 Å². The number of hydrogen-bond acceptors (Lipinski definition) is 4. The van der Waals surface area contributed by atoms with Gasteiger partial charge in [0.05, 0.1) is 12.0 Å². The number of aromatic nitrogens is 2. The Kier molecular flexibility index (Phi) is 5.91. The third kappa shape index (κ3) is 4.49. The summed E-state index contributed by atoms with van der Waals surface area (Å²) in [4.78, 5) is 20.1. The summed E-state index contributed by atoms with van der Waals surface area (Å²) in [5.41, 5.74) is 4.92. The van der Waals surface area contributed by atoms with Gasteiger partial charge in [0.25, 0.3) is 0 Å². The predicted octanol–water partition coefficient (Wildman–Crippen LogP) is 2.83. The Bertz CT molecular complexity index is 945. The van der Waals surface area contributed by atoms with E-state index in [1.165, 1.54) is 16.8 Å². The van der Waals surface area contributed by atoms with Crippen molar-refractivity contribution in [2.24, 2.45) is 0 Å². The van der Waals surface area contributed by atoms with Crippen LogP contribution in [0.2, 0.25) is 0 Å². The van der Waals surface area contributed by atoms with Gasteiger partial charge in [-0.3, -0.25) is 4.79 Å². The smallest absolute Gasteiger partial charge is 0.219 e. The summed E-state index contributed by atoms with van der Waals surface area (Å²) >= 11 is 0. The molecule has 1 aliphatic rings. The van der Waals surface area contributed by atoms with Crippen LogP contribution in [-0.2, 0) is 17.9 Å². The molecule has 1 aliphatic heterocycles. The molecule has 1 saturated heterocycles. The number of rotatable bonds is 6. The van der Waals surface area contributed by atoms with Crippen LogP contribution < -0.4 is 10.2 Å². The zero-order valence-corrected chi connectivity index (χ0v) is 16.8. The van der Waals surface area contributed by atoms with E-state index < -0.39 is 0 Å². The molecule has 0 spiro atoms. The highest BCUT2D eigenvalue weighted by Crippen LogP contribution is 2.22. The topological polar surface area (TPSA) is 53.4 Å². The third-order valence-corrected chi connectivity index (χ3v) is 5.46. The molecule has 1 aromatic heterocycles. The van der Waals surface area contributed by atoms with E-state index in [2.05, 4.69) is 63.7 Å². The lowest BCUT2D eigenvalue weighted by Gasteiger charge is -2.36. The molecule has 0 radical (unpaired) electrons. The summed E-state index contributed by atoms with van der Waals surface area (Å²) in [6.45, 7) is 6.54. The van der Waals surface area contributed by atoms with Crippen molar-refractivity contribution in [3.05, 3.63) is 78.4 Å². The largest absolute Gasteiger partial charge is 0.368 e. The van der Waals surface area contributed by atoms with Crippen molar-refractivity contribution in [3.8, 4) is 5.69 Å². The molecule has 6 heteroatoms. The SMILES string of the molecule is CC(=O)N1CCN(c2ccccc2CNCc2ccccc2-n2ccnc2)CC1. The van der Waals surface area contributed by atoms with E-state index in [4.69, 9.17) is 0 Å². The van der Waals surface area contributed by atoms with Crippen LogP contribution in [0.3, 0.4) is 0 Å². The summed E-state index contributed by atoms with van der Waals surface area (Å²) in [6.07, 6.45) is 5.59. The minimum atomic E-state index is 0.163. The van der Waals surface area contributed by atoms with Crippen LogP contribution in [0.4, 0.5) is 5.69 Å². The normalized spacial score (nSPS) is 14.2. The van der Waals surface area contributed by atoms with Gasteiger partial charge < -0.3 is 19.7 Å². The average molecular weight is 390 g/mol. The third-order valence-electron chi connectivity index (χ3n) is 5.46. The molecule has 2 aromatic carbocycles. The highest BCUT2D eigenvalue weighted by Gasteiger charge is 2.20. The first-order valence-corrected chi connectivity index (χ1v) is 10.1. The van der Waals surface area contributed by atoms with E-state index >= 15 is 0 Å². The van der Waals surface area contributed by atoms with Gasteiger partial charge in [-0.05, 0) is 23.3 Å². The van der Waals surface area contributed by atoms with Crippen molar-refractivity contribution in [2.45, 2.75) is 20.0 Å². The maximum Gasteiger partial charge on any atom is 0.219 e. The fourth-order valence-electron chi connectivity index (χ4n) is 3.88. The predicted molar refractivity (Wildman–Crippen MR) is 115 cm³/mol. The molecule has 1 fully saturated rings. The van der Waals surface area contributed by atoms with Crippen LogP contribution in [0.1, 0.15) is 18.1 Å². The Hall–Kier alpha value is -3.12. The van der Waals surface area contributed by atoms with Gasteiger partial charge in [-0.25, -0.2) is 4.98 Å². The fourth-order valence-corrected chi connectivity index (χ4v) is 3.88. The molecule has 0 atom stereocenters. The van der Waals surface area contributed by atoms with Gasteiger partial charge in [0.2, 0.25) is 5.91 Å². The van der Waals surface area contributed by atoms with Crippen molar-refractivity contribution in [1.29, 1.82) is 0 Å². The number of hydrogen-bond donors (Lipinski definition) is 1. The summed E-state index contributed by atoms with van der Waals surface area (Å²) in [7, 11) is 0. The Labute approximate surface area is 171 Å². The number of benzene rings is 2. The second kappa shape index (κ2) is 8.92. The number of nitrogens with zero attached hydrogens (tertiary/aromatic N) is 4. The van der Waals surface area contributed by atoms with Gasteiger partial charge in [0.15, 0.2) is 0 Å². The number of piperazine rings is 1. The molecule has 1 amide bonds. The maximum absolute atomic E-state index is 11.6. The molecule has 1 N–H and O–H groups in total. The number of imidazole rings is 1. The molecular weight excluding hydrogens is 362 g/mol. The molecular formula is C23H27N5O. The van der Waals surface area contributed by atoms with Gasteiger partial charge in [0, 0.05) is 64.3 Å². The van der Waals surface area contributed by atoms with Crippen molar-refractivity contribution >= 4 is 11.6 Å². The summed E-state index contributed by atoms with van der Waals surface area (Å²) in [5.74, 6) is 0.163. The second-order valence-corrected chi connectivity index (χ2v) is 7.32. The van der Waals surface area contributed by atoms with Gasteiger partial charge >= 0.3 is 0 Å². The molecule has 2 heterocycles. The number of carbonyl (C=O) groups is 1. The number of para-hydroxylation sites is 2. The molecule has 29 heavy (non-hydrogen) atoms. The summed E-state index contributed by atoms with van der Waals surface area (Å²) in [5, 5.41) is 3.60. The van der Waals surface area contributed by atoms with Crippen LogP contribution in [0.25, 0.3) is 5.69 Å². The van der Waals surface area contributed by atoms with Crippen molar-refractivity contribution < 1.29 is 4.79 Å². The zero-order chi connectivity index (χ0) is 20.1. The molecule has 3 aromatic rings. The first-order chi connectivity index (χ1) is 14.2. The lowest BCUT2D eigenvalue weighted by atomic mass is 10.1. The summed E-state index contributed by atoms with van der Waals surface area (Å²) in [6, 6.07) is 16.9. The van der Waals surface area contributed by atoms with E-state index in [0.29, 0.717) is 0 Å². The lowest BCUT2D eigenvalue weighted by Crippen LogP contribution is -2.48. The maximum atomic E-state index is 11.6. The minimum absolute atomic E-state index is 0.163. The van der Waals surface area contributed by atoms with Crippen molar-refractivity contribution in [3.63, 3.8) is 0 Å². The minimum Gasteiger partial charge on any atom is -0.368 e. The van der Waals surface area contributed by atoms with E-state index in [1.54, 1.807) is 13.1 Å². The molecule has 0 unspecified atom stereocenters. The molecule has 0 saturated carbocycles. The number of carbonyl (C=O) groups excluding carboxylic acids is 1. The average Bonchev–Trinajstić information content (AvgIpc) is 3.29. The van der Waals surface area contributed by atoms with Crippen LogP contribution in [0.15, 0.2) is 67.3 Å². The van der Waals surface area contributed by atoms with Crippen molar-refractivity contribution in [1.82, 2.24) is 19.8 Å². The molecule has 6 nitrogen and oxygen atoms in total. The Morgan fingerprint density at radius 2 is 1.55 bits per heavy atom. The van der Waals surface area contributed by atoms with Crippen LogP contribution in [0.5, 0.6) is 0 Å². The molecule has 150 valence electrons. The number of amides is 1. The quantitative estimate of drug-likeness (QED) is 0.704. The molecule has 0 bridgehead atoms. The van der Waals surface area contributed by atoms with Crippen molar-refractivity contribution in [2.75, 3.05) is 31.1 Å². The van der Waals surface area contributed by atoms with Gasteiger partial charge in [-0.2, -0.15) is 0 Å². The van der Waals surface area contributed by atoms with E-state index in [1.807, 2.05) is 22.0 Å². The highest BCUT2D eigenvalue weighted by atomic mass is 16.2. The Balaban J connectivity index is 1.41. The first-order valence-electron chi connectivity index (χ1n) is 10.1. The monoisotopic (exact) mass is 389 g/mol. The van der Waals surface area contributed by atoms with Gasteiger partial charge in [-0.15, -0.1) is 0 Å². The van der Waals surface area contributed by atoms with Crippen LogP contribution in [0, 0.1) is 0 Å².